The molecule has 0 spiro atoms. The van der Waals surface area contributed by atoms with Crippen molar-refractivity contribution in [3.8, 4) is 5.75 Å². The summed E-state index contributed by atoms with van der Waals surface area (Å²) in [6, 6.07) is 4.58. The fourth-order valence-electron chi connectivity index (χ4n) is 2.38. The zero-order valence-corrected chi connectivity index (χ0v) is 12.5. The van der Waals surface area contributed by atoms with Crippen LogP contribution in [0.2, 0.25) is 0 Å². The van der Waals surface area contributed by atoms with Gasteiger partial charge in [0.05, 0.1) is 5.56 Å². The Labute approximate surface area is 127 Å². The molecule has 2 atom stereocenters. The molecule has 1 saturated heterocycles. The van der Waals surface area contributed by atoms with Crippen molar-refractivity contribution in [1.29, 1.82) is 0 Å². The maximum atomic E-state index is 12.4. The minimum Gasteiger partial charge on any atom is -0.484 e. The maximum absolute atomic E-state index is 12.4. The van der Waals surface area contributed by atoms with Gasteiger partial charge in [0.1, 0.15) is 5.75 Å². The third-order valence-electron chi connectivity index (χ3n) is 3.90. The Balaban J connectivity index is 1.91. The highest BCUT2D eigenvalue weighted by molar-refractivity contribution is 5.78. The van der Waals surface area contributed by atoms with Crippen LogP contribution in [0.5, 0.6) is 5.75 Å². The lowest BCUT2D eigenvalue weighted by atomic mass is 10.1. The minimum absolute atomic E-state index is 0.0532. The van der Waals surface area contributed by atoms with Crippen molar-refractivity contribution in [2.45, 2.75) is 32.1 Å². The molecule has 0 bridgehead atoms. The highest BCUT2D eigenvalue weighted by Crippen LogP contribution is 2.30. The van der Waals surface area contributed by atoms with E-state index < -0.39 is 11.7 Å². The minimum atomic E-state index is -4.37. The number of carbonyl (C=O) groups excluding carboxylic acids is 1. The molecule has 1 fully saturated rings. The van der Waals surface area contributed by atoms with Gasteiger partial charge in [-0.3, -0.25) is 4.79 Å². The smallest absolute Gasteiger partial charge is 0.416 e. The zero-order chi connectivity index (χ0) is 16.3. The number of nitrogens with one attached hydrogen (secondary N) is 1. The van der Waals surface area contributed by atoms with Gasteiger partial charge in [-0.15, -0.1) is 0 Å². The number of hydrogen-bond donors (Lipinski definition) is 1. The van der Waals surface area contributed by atoms with Gasteiger partial charge >= 0.3 is 6.18 Å². The van der Waals surface area contributed by atoms with E-state index in [-0.39, 0.29) is 30.3 Å². The van der Waals surface area contributed by atoms with Crippen molar-refractivity contribution in [3.05, 3.63) is 29.8 Å². The van der Waals surface area contributed by atoms with E-state index in [4.69, 9.17) is 4.74 Å². The van der Waals surface area contributed by atoms with E-state index >= 15 is 0 Å². The molecule has 0 aliphatic carbocycles. The molecule has 1 amide bonds. The summed E-state index contributed by atoms with van der Waals surface area (Å²) in [6.45, 7) is 5.09. The molecule has 1 heterocycles. The van der Waals surface area contributed by atoms with Gasteiger partial charge in [-0.1, -0.05) is 0 Å². The summed E-state index contributed by atoms with van der Waals surface area (Å²) in [5.41, 5.74) is -0.740. The van der Waals surface area contributed by atoms with Crippen LogP contribution in [-0.4, -0.2) is 42.6 Å². The summed E-state index contributed by atoms with van der Waals surface area (Å²) in [7, 11) is 0. The third-order valence-corrected chi connectivity index (χ3v) is 3.90. The topological polar surface area (TPSA) is 41.6 Å². The average molecular weight is 316 g/mol. The summed E-state index contributed by atoms with van der Waals surface area (Å²) < 4.78 is 42.6. The molecule has 7 heteroatoms. The largest absolute Gasteiger partial charge is 0.484 e. The number of alkyl halides is 3. The molecular formula is C15H19F3N2O2. The van der Waals surface area contributed by atoms with Crippen molar-refractivity contribution in [3.63, 3.8) is 0 Å². The van der Waals surface area contributed by atoms with Crippen LogP contribution in [0.15, 0.2) is 24.3 Å². The van der Waals surface area contributed by atoms with Gasteiger partial charge in [-0.05, 0) is 38.1 Å². The lowest BCUT2D eigenvalue weighted by Gasteiger charge is -2.38. The fourth-order valence-corrected chi connectivity index (χ4v) is 2.38. The van der Waals surface area contributed by atoms with E-state index in [9.17, 15) is 18.0 Å². The average Bonchev–Trinajstić information content (AvgIpc) is 2.47. The van der Waals surface area contributed by atoms with Gasteiger partial charge in [0.25, 0.3) is 5.91 Å². The van der Waals surface area contributed by atoms with Crippen molar-refractivity contribution in [1.82, 2.24) is 10.2 Å². The van der Waals surface area contributed by atoms with Gasteiger partial charge in [-0.2, -0.15) is 13.2 Å². The van der Waals surface area contributed by atoms with Crippen LogP contribution in [0.1, 0.15) is 19.4 Å². The lowest BCUT2D eigenvalue weighted by Crippen LogP contribution is -2.58. The van der Waals surface area contributed by atoms with Crippen LogP contribution >= 0.6 is 0 Å². The Kier molecular flexibility index (Phi) is 4.95. The Morgan fingerprint density at radius 2 is 1.95 bits per heavy atom. The molecule has 1 aromatic carbocycles. The molecule has 2 rings (SSSR count). The normalized spacial score (nSPS) is 22.5. The molecule has 1 N–H and O–H groups in total. The number of benzene rings is 1. The summed E-state index contributed by atoms with van der Waals surface area (Å²) in [5.74, 6) is 0.0814. The van der Waals surface area contributed by atoms with Gasteiger partial charge in [0.15, 0.2) is 6.61 Å². The first-order valence-electron chi connectivity index (χ1n) is 7.12. The van der Waals surface area contributed by atoms with Crippen molar-refractivity contribution in [2.24, 2.45) is 0 Å². The second kappa shape index (κ2) is 6.56. The predicted molar refractivity (Wildman–Crippen MR) is 75.6 cm³/mol. The number of rotatable bonds is 3. The number of piperazine rings is 1. The molecule has 2 unspecified atom stereocenters. The Morgan fingerprint density at radius 1 is 1.32 bits per heavy atom. The molecular weight excluding hydrogens is 297 g/mol. The van der Waals surface area contributed by atoms with Crippen LogP contribution in [0.25, 0.3) is 0 Å². The van der Waals surface area contributed by atoms with E-state index in [2.05, 4.69) is 5.32 Å². The van der Waals surface area contributed by atoms with E-state index in [1.165, 1.54) is 12.1 Å². The Bertz CT molecular complexity index is 517. The van der Waals surface area contributed by atoms with Gasteiger partial charge in [0, 0.05) is 25.2 Å². The summed E-state index contributed by atoms with van der Waals surface area (Å²) in [4.78, 5) is 13.9. The molecule has 1 aromatic rings. The second-order valence-corrected chi connectivity index (χ2v) is 5.38. The second-order valence-electron chi connectivity index (χ2n) is 5.38. The van der Waals surface area contributed by atoms with Crippen LogP contribution < -0.4 is 10.1 Å². The number of ether oxygens (including phenoxy) is 1. The maximum Gasteiger partial charge on any atom is 0.416 e. The Hall–Kier alpha value is -1.76. The highest BCUT2D eigenvalue weighted by atomic mass is 19.4. The first kappa shape index (κ1) is 16.6. The van der Waals surface area contributed by atoms with Crippen molar-refractivity contribution >= 4 is 5.91 Å². The van der Waals surface area contributed by atoms with Crippen LogP contribution in [0.4, 0.5) is 13.2 Å². The molecule has 0 radical (unpaired) electrons. The number of carbonyl (C=O) groups is 1. The number of amides is 1. The zero-order valence-electron chi connectivity index (χ0n) is 12.5. The molecule has 0 saturated carbocycles. The first-order chi connectivity index (χ1) is 10.3. The van der Waals surface area contributed by atoms with E-state index in [1.54, 1.807) is 4.90 Å². The molecule has 0 aromatic heterocycles. The molecule has 4 nitrogen and oxygen atoms in total. The van der Waals surface area contributed by atoms with E-state index in [1.807, 2.05) is 13.8 Å². The lowest BCUT2D eigenvalue weighted by molar-refractivity contribution is -0.138. The molecule has 1 aliphatic rings. The summed E-state index contributed by atoms with van der Waals surface area (Å²) in [6.07, 6.45) is -4.37. The molecule has 122 valence electrons. The first-order valence-corrected chi connectivity index (χ1v) is 7.12. The van der Waals surface area contributed by atoms with E-state index in [0.717, 1.165) is 18.7 Å². The SMILES string of the molecule is CC1NCCN(C(=O)COc2ccc(C(F)(F)F)cc2)C1C. The fraction of sp³-hybridized carbons (Fsp3) is 0.533. The predicted octanol–water partition coefficient (Wildman–Crippen LogP) is 2.29. The van der Waals surface area contributed by atoms with Gasteiger partial charge in [0.2, 0.25) is 0 Å². The summed E-state index contributed by atoms with van der Waals surface area (Å²) in [5, 5.41) is 3.27. The number of hydrogen-bond acceptors (Lipinski definition) is 3. The van der Waals surface area contributed by atoms with Crippen LogP contribution in [0.3, 0.4) is 0 Å². The third kappa shape index (κ3) is 3.91. The van der Waals surface area contributed by atoms with Crippen LogP contribution in [0, 0.1) is 0 Å². The number of halogens is 3. The summed E-state index contributed by atoms with van der Waals surface area (Å²) >= 11 is 0. The monoisotopic (exact) mass is 316 g/mol. The molecule has 1 aliphatic heterocycles. The Morgan fingerprint density at radius 3 is 2.55 bits per heavy atom. The van der Waals surface area contributed by atoms with Crippen molar-refractivity contribution < 1.29 is 22.7 Å². The van der Waals surface area contributed by atoms with Crippen LogP contribution in [-0.2, 0) is 11.0 Å². The van der Waals surface area contributed by atoms with Crippen molar-refractivity contribution in [2.75, 3.05) is 19.7 Å². The quantitative estimate of drug-likeness (QED) is 0.930. The van der Waals surface area contributed by atoms with Gasteiger partial charge in [-0.25, -0.2) is 0 Å². The standard InChI is InChI=1S/C15H19F3N2O2/c1-10-11(2)20(8-7-19-10)14(21)9-22-13-5-3-12(4-6-13)15(16,17)18/h3-6,10-11,19H,7-9H2,1-2H3. The molecule has 22 heavy (non-hydrogen) atoms. The highest BCUT2D eigenvalue weighted by Gasteiger charge is 2.30. The van der Waals surface area contributed by atoms with Gasteiger partial charge < -0.3 is 15.0 Å². The van der Waals surface area contributed by atoms with E-state index in [0.29, 0.717) is 6.54 Å². The number of nitrogens with zero attached hydrogens (tertiary/aromatic N) is 1.